The lowest BCUT2D eigenvalue weighted by Crippen LogP contribution is -2.65. The molecule has 0 heterocycles. The second kappa shape index (κ2) is 9.70. The number of aliphatic hydroxyl groups is 3. The van der Waals surface area contributed by atoms with E-state index in [2.05, 4.69) is 5.32 Å². The summed E-state index contributed by atoms with van der Waals surface area (Å²) >= 11 is 0. The summed E-state index contributed by atoms with van der Waals surface area (Å²) in [7, 11) is 2.99. The van der Waals surface area contributed by atoms with Crippen LogP contribution in [0.5, 0.6) is 5.75 Å². The molecular weight excluding hydrogens is 525 g/mol. The van der Waals surface area contributed by atoms with Crippen LogP contribution in [0.1, 0.15) is 49.7 Å². The van der Waals surface area contributed by atoms with Gasteiger partial charge < -0.3 is 31.5 Å². The SMILES string of the molecule is CN(C)[C@@H]1C(=O)C(C(N)=O)=C(O)[C@@]2(O)C(=O)C3=C(O)c4c(O)c(NC(=O)CCCC5CC5)cc(F)c4C[C@H]3C[C@@H]12. The molecule has 4 aliphatic rings. The van der Waals surface area contributed by atoms with Crippen LogP contribution in [-0.2, 0) is 25.6 Å². The molecule has 214 valence electrons. The molecule has 7 N–H and O–H groups in total. The molecule has 11 nitrogen and oxygen atoms in total. The molecule has 2 fully saturated rings. The number of aliphatic hydroxyl groups excluding tert-OH is 2. The molecule has 0 aromatic heterocycles. The summed E-state index contributed by atoms with van der Waals surface area (Å²) in [5, 5.41) is 47.2. The number of carbonyl (C=O) groups excluding carboxylic acids is 4. The quantitative estimate of drug-likeness (QED) is 0.214. The minimum atomic E-state index is -2.79. The van der Waals surface area contributed by atoms with E-state index < -0.39 is 86.7 Å². The Hall–Kier alpha value is -3.77. The van der Waals surface area contributed by atoms with Crippen molar-refractivity contribution in [2.45, 2.75) is 56.6 Å². The van der Waals surface area contributed by atoms with Crippen molar-refractivity contribution in [1.29, 1.82) is 0 Å². The molecule has 0 unspecified atom stereocenters. The van der Waals surface area contributed by atoms with Crippen molar-refractivity contribution in [3.05, 3.63) is 39.9 Å². The van der Waals surface area contributed by atoms with Crippen LogP contribution in [0.3, 0.4) is 0 Å². The minimum Gasteiger partial charge on any atom is -0.508 e. The number of carbonyl (C=O) groups is 4. The topological polar surface area (TPSA) is 190 Å². The predicted octanol–water partition coefficient (Wildman–Crippen LogP) is 1.62. The van der Waals surface area contributed by atoms with Crippen LogP contribution in [-0.4, -0.2) is 74.4 Å². The highest BCUT2D eigenvalue weighted by atomic mass is 19.1. The first-order valence-electron chi connectivity index (χ1n) is 13.3. The number of aromatic hydroxyl groups is 1. The van der Waals surface area contributed by atoms with Gasteiger partial charge in [0.05, 0.1) is 17.3 Å². The van der Waals surface area contributed by atoms with Crippen molar-refractivity contribution in [2.75, 3.05) is 19.4 Å². The second-order valence-corrected chi connectivity index (χ2v) is 11.5. The van der Waals surface area contributed by atoms with E-state index in [9.17, 15) is 39.6 Å². The molecule has 0 bridgehead atoms. The van der Waals surface area contributed by atoms with Crippen molar-refractivity contribution in [1.82, 2.24) is 4.90 Å². The van der Waals surface area contributed by atoms with E-state index in [0.29, 0.717) is 12.3 Å². The van der Waals surface area contributed by atoms with Gasteiger partial charge in [0.15, 0.2) is 17.1 Å². The molecule has 40 heavy (non-hydrogen) atoms. The van der Waals surface area contributed by atoms with E-state index in [1.165, 1.54) is 19.0 Å². The van der Waals surface area contributed by atoms with E-state index in [-0.39, 0.29) is 30.5 Å². The highest BCUT2D eigenvalue weighted by Gasteiger charge is 2.64. The number of anilines is 1. The van der Waals surface area contributed by atoms with Gasteiger partial charge in [0.2, 0.25) is 11.7 Å². The number of phenols is 1. The first-order chi connectivity index (χ1) is 18.8. The van der Waals surface area contributed by atoms with Crippen LogP contribution < -0.4 is 11.1 Å². The number of amides is 2. The Labute approximate surface area is 229 Å². The number of nitrogens with zero attached hydrogens (tertiary/aromatic N) is 1. The number of ketones is 2. The van der Waals surface area contributed by atoms with Crippen LogP contribution in [0.2, 0.25) is 0 Å². The molecular formula is C28H32FN3O8. The molecule has 5 rings (SSSR count). The molecule has 4 aliphatic carbocycles. The summed E-state index contributed by atoms with van der Waals surface area (Å²) in [6, 6.07) is -0.277. The van der Waals surface area contributed by atoms with E-state index in [1.807, 2.05) is 0 Å². The number of benzene rings is 1. The lowest BCUT2D eigenvalue weighted by molar-refractivity contribution is -0.153. The van der Waals surface area contributed by atoms with Gasteiger partial charge in [0.1, 0.15) is 22.9 Å². The third kappa shape index (κ3) is 4.17. The summed E-state index contributed by atoms with van der Waals surface area (Å²) in [6.45, 7) is 0. The maximum atomic E-state index is 15.3. The zero-order chi connectivity index (χ0) is 29.3. The summed E-state index contributed by atoms with van der Waals surface area (Å²) in [5.41, 5.74) is 0.418. The van der Waals surface area contributed by atoms with Crippen LogP contribution in [0.4, 0.5) is 10.1 Å². The number of fused-ring (bicyclic) bond motifs is 3. The van der Waals surface area contributed by atoms with Crippen LogP contribution in [0.25, 0.3) is 5.76 Å². The summed E-state index contributed by atoms with van der Waals surface area (Å²) in [6.07, 6.45) is 3.66. The van der Waals surface area contributed by atoms with Gasteiger partial charge in [-0.1, -0.05) is 12.8 Å². The Morgan fingerprint density at radius 2 is 1.88 bits per heavy atom. The Balaban J connectivity index is 1.56. The van der Waals surface area contributed by atoms with Gasteiger partial charge in [0.25, 0.3) is 5.91 Å². The normalized spacial score (nSPS) is 27.9. The third-order valence-corrected chi connectivity index (χ3v) is 8.65. The predicted molar refractivity (Wildman–Crippen MR) is 139 cm³/mol. The van der Waals surface area contributed by atoms with E-state index in [1.54, 1.807) is 0 Å². The molecule has 1 aromatic rings. The number of hydrogen-bond donors (Lipinski definition) is 6. The third-order valence-electron chi connectivity index (χ3n) is 8.65. The number of Topliss-reactive ketones (excluding diaryl/α,β-unsaturated/α-hetero) is 2. The Kier molecular flexibility index (Phi) is 6.74. The van der Waals surface area contributed by atoms with Gasteiger partial charge >= 0.3 is 0 Å². The first-order valence-corrected chi connectivity index (χ1v) is 13.3. The van der Waals surface area contributed by atoms with E-state index in [4.69, 9.17) is 5.73 Å². The maximum absolute atomic E-state index is 15.3. The number of nitrogens with one attached hydrogen (secondary N) is 1. The molecule has 0 radical (unpaired) electrons. The summed E-state index contributed by atoms with van der Waals surface area (Å²) in [4.78, 5) is 52.8. The van der Waals surface area contributed by atoms with Crippen LogP contribution in [0.15, 0.2) is 23.0 Å². The van der Waals surface area contributed by atoms with Crippen molar-refractivity contribution in [2.24, 2.45) is 23.5 Å². The Morgan fingerprint density at radius 3 is 2.48 bits per heavy atom. The molecule has 12 heteroatoms. The highest BCUT2D eigenvalue weighted by Crippen LogP contribution is 2.53. The van der Waals surface area contributed by atoms with Crippen molar-refractivity contribution >= 4 is 34.8 Å². The number of nitrogens with two attached hydrogens (primary N) is 1. The number of rotatable bonds is 7. The number of hydrogen-bond acceptors (Lipinski definition) is 9. The van der Waals surface area contributed by atoms with Gasteiger partial charge in [0, 0.05) is 29.5 Å². The molecule has 2 saturated carbocycles. The molecule has 0 aliphatic heterocycles. The molecule has 2 amide bonds. The summed E-state index contributed by atoms with van der Waals surface area (Å²) < 4.78 is 15.3. The molecule has 0 saturated heterocycles. The average Bonchev–Trinajstić information content (AvgIpc) is 3.68. The minimum absolute atomic E-state index is 0.102. The first kappa shape index (κ1) is 27.8. The number of primary amides is 1. The van der Waals surface area contributed by atoms with Crippen molar-refractivity contribution in [3.8, 4) is 5.75 Å². The molecule has 1 aromatic carbocycles. The Bertz CT molecular complexity index is 1410. The van der Waals surface area contributed by atoms with E-state index >= 15 is 4.39 Å². The smallest absolute Gasteiger partial charge is 0.255 e. The molecule has 4 atom stereocenters. The number of phenolic OH excluding ortho intramolecular Hbond substituents is 1. The Morgan fingerprint density at radius 1 is 1.20 bits per heavy atom. The van der Waals surface area contributed by atoms with Crippen molar-refractivity contribution in [3.63, 3.8) is 0 Å². The van der Waals surface area contributed by atoms with Gasteiger partial charge in [-0.15, -0.1) is 0 Å². The summed E-state index contributed by atoms with van der Waals surface area (Å²) in [5.74, 6) is -8.86. The maximum Gasteiger partial charge on any atom is 0.255 e. The lowest BCUT2D eigenvalue weighted by atomic mass is 9.57. The second-order valence-electron chi connectivity index (χ2n) is 11.5. The standard InChI is InChI=1S/C28H32FN3O8/c1-32(2)21-14-9-12-8-13-15(29)10-16(31-17(33)5-3-4-11-6-7-11)22(34)19(13)23(35)18(12)25(37)28(14,40)26(38)20(24(21)36)27(30)39/h10-12,14,21,34-35,38,40H,3-9H2,1-2H3,(H2,30,39)(H,31,33)/t12-,14-,21-,28-/m0/s1. The van der Waals surface area contributed by atoms with E-state index in [0.717, 1.165) is 25.3 Å². The fourth-order valence-corrected chi connectivity index (χ4v) is 6.53. The van der Waals surface area contributed by atoms with Crippen LogP contribution >= 0.6 is 0 Å². The zero-order valence-electron chi connectivity index (χ0n) is 22.2. The van der Waals surface area contributed by atoms with Crippen molar-refractivity contribution < 1.29 is 44.0 Å². The lowest BCUT2D eigenvalue weighted by Gasteiger charge is -2.50. The number of halogens is 1. The number of likely N-dealkylation sites (N-methyl/N-ethyl adjacent to an activating group) is 1. The zero-order valence-corrected chi connectivity index (χ0v) is 22.2. The van der Waals surface area contributed by atoms with Gasteiger partial charge in [-0.2, -0.15) is 0 Å². The highest BCUT2D eigenvalue weighted by molar-refractivity contribution is 6.24. The average molecular weight is 558 g/mol. The fourth-order valence-electron chi connectivity index (χ4n) is 6.53. The fraction of sp³-hybridized carbons (Fsp3) is 0.500. The van der Waals surface area contributed by atoms with Crippen LogP contribution in [0, 0.1) is 23.6 Å². The monoisotopic (exact) mass is 557 g/mol. The van der Waals surface area contributed by atoms with Gasteiger partial charge in [-0.25, -0.2) is 4.39 Å². The van der Waals surface area contributed by atoms with Gasteiger partial charge in [-0.05, 0) is 51.6 Å². The van der Waals surface area contributed by atoms with Gasteiger partial charge in [-0.3, -0.25) is 24.1 Å². The largest absolute Gasteiger partial charge is 0.508 e. The molecule has 0 spiro atoms.